The van der Waals surface area contributed by atoms with Crippen LogP contribution >= 0.6 is 15.9 Å². The first kappa shape index (κ1) is 13.1. The number of benzene rings is 2. The van der Waals surface area contributed by atoms with E-state index in [1.165, 1.54) is 5.56 Å². The number of halogens is 1. The van der Waals surface area contributed by atoms with Gasteiger partial charge in [0.1, 0.15) is 0 Å². The van der Waals surface area contributed by atoms with E-state index in [0.717, 1.165) is 20.9 Å². The van der Waals surface area contributed by atoms with Gasteiger partial charge in [0.15, 0.2) is 5.78 Å². The predicted octanol–water partition coefficient (Wildman–Crippen LogP) is 4.48. The Kier molecular flexibility index (Phi) is 3.22. The second-order valence-corrected chi connectivity index (χ2v) is 5.93. The second kappa shape index (κ2) is 4.91. The topological polar surface area (TPSA) is 22.0 Å². The minimum atomic E-state index is 0.0620. The van der Waals surface area contributed by atoms with E-state index in [9.17, 15) is 4.79 Å². The molecule has 1 heterocycles. The number of hydrogen-bond acceptors (Lipinski definition) is 1. The van der Waals surface area contributed by atoms with Gasteiger partial charge in [-0.15, -0.1) is 0 Å². The van der Waals surface area contributed by atoms with Gasteiger partial charge < -0.3 is 4.57 Å². The van der Waals surface area contributed by atoms with Crippen LogP contribution in [0.15, 0.2) is 53.1 Å². The number of ketones is 1. The van der Waals surface area contributed by atoms with Gasteiger partial charge in [-0.2, -0.15) is 0 Å². The van der Waals surface area contributed by atoms with Crippen molar-refractivity contribution in [3.05, 3.63) is 69.8 Å². The first-order chi connectivity index (χ1) is 9.56. The van der Waals surface area contributed by atoms with Gasteiger partial charge in [-0.05, 0) is 42.8 Å². The van der Waals surface area contributed by atoms with Crippen LogP contribution < -0.4 is 0 Å². The molecule has 0 amide bonds. The van der Waals surface area contributed by atoms with E-state index in [4.69, 9.17) is 0 Å². The number of aromatic nitrogens is 1. The van der Waals surface area contributed by atoms with Crippen molar-refractivity contribution < 1.29 is 4.79 Å². The summed E-state index contributed by atoms with van der Waals surface area (Å²) in [7, 11) is 1.97. The zero-order valence-corrected chi connectivity index (χ0v) is 12.9. The second-order valence-electron chi connectivity index (χ2n) is 5.01. The molecule has 2 nitrogen and oxygen atoms in total. The van der Waals surface area contributed by atoms with Crippen molar-refractivity contribution >= 4 is 32.6 Å². The lowest BCUT2D eigenvalue weighted by atomic mass is 10.0. The summed E-state index contributed by atoms with van der Waals surface area (Å²) < 4.78 is 2.98. The Bertz CT molecular complexity index is 800. The molecule has 1 aromatic heterocycles. The predicted molar refractivity (Wildman–Crippen MR) is 85.2 cm³/mol. The van der Waals surface area contributed by atoms with Crippen LogP contribution in [-0.2, 0) is 7.05 Å². The van der Waals surface area contributed by atoms with Crippen LogP contribution in [0.3, 0.4) is 0 Å². The van der Waals surface area contributed by atoms with Gasteiger partial charge in [0, 0.05) is 39.7 Å². The van der Waals surface area contributed by atoms with Crippen molar-refractivity contribution in [2.24, 2.45) is 7.05 Å². The lowest BCUT2D eigenvalue weighted by Crippen LogP contribution is -2.00. The smallest absolute Gasteiger partial charge is 0.195 e. The standard InChI is InChI=1S/C17H14BrNO/c1-11-3-8-14-15(10-19(2)16(14)9-11)17(20)12-4-6-13(18)7-5-12/h3-10H,1-2H3. The molecule has 3 rings (SSSR count). The van der Waals surface area contributed by atoms with Crippen LogP contribution in [-0.4, -0.2) is 10.4 Å². The Morgan fingerprint density at radius 3 is 2.50 bits per heavy atom. The molecule has 0 aliphatic carbocycles. The van der Waals surface area contributed by atoms with Crippen LogP contribution in [0.5, 0.6) is 0 Å². The van der Waals surface area contributed by atoms with Gasteiger partial charge in [-0.25, -0.2) is 0 Å². The SMILES string of the molecule is Cc1ccc2c(C(=O)c3ccc(Br)cc3)cn(C)c2c1. The lowest BCUT2D eigenvalue weighted by molar-refractivity contribution is 0.104. The third-order valence-corrected chi connectivity index (χ3v) is 4.03. The summed E-state index contributed by atoms with van der Waals surface area (Å²) >= 11 is 3.39. The summed E-state index contributed by atoms with van der Waals surface area (Å²) in [6, 6.07) is 13.6. The minimum Gasteiger partial charge on any atom is -0.350 e. The van der Waals surface area contributed by atoms with Gasteiger partial charge in [0.2, 0.25) is 0 Å². The maximum atomic E-state index is 12.6. The van der Waals surface area contributed by atoms with Gasteiger partial charge in [0.25, 0.3) is 0 Å². The van der Waals surface area contributed by atoms with Crippen molar-refractivity contribution in [1.82, 2.24) is 4.57 Å². The molecule has 0 saturated carbocycles. The maximum absolute atomic E-state index is 12.6. The molecule has 0 unspecified atom stereocenters. The summed E-state index contributed by atoms with van der Waals surface area (Å²) in [6.07, 6.45) is 1.91. The fraction of sp³-hybridized carbons (Fsp3) is 0.118. The van der Waals surface area contributed by atoms with Crippen LogP contribution in [0.25, 0.3) is 10.9 Å². The number of rotatable bonds is 2. The van der Waals surface area contributed by atoms with Crippen LogP contribution in [0, 0.1) is 6.92 Å². The van der Waals surface area contributed by atoms with Crippen molar-refractivity contribution in [1.29, 1.82) is 0 Å². The molecule has 0 bridgehead atoms. The minimum absolute atomic E-state index is 0.0620. The summed E-state index contributed by atoms with van der Waals surface area (Å²) in [4.78, 5) is 12.6. The van der Waals surface area contributed by atoms with Crippen LogP contribution in [0.2, 0.25) is 0 Å². The van der Waals surface area contributed by atoms with Gasteiger partial charge in [0.05, 0.1) is 0 Å². The molecule has 20 heavy (non-hydrogen) atoms. The highest BCUT2D eigenvalue weighted by atomic mass is 79.9. The molecule has 0 atom stereocenters. The van der Waals surface area contributed by atoms with E-state index in [1.54, 1.807) is 0 Å². The average molecular weight is 328 g/mol. The Labute approximate surface area is 126 Å². The van der Waals surface area contributed by atoms with Crippen molar-refractivity contribution in [3.63, 3.8) is 0 Å². The summed E-state index contributed by atoms with van der Waals surface area (Å²) in [5.74, 6) is 0.0620. The molecule has 0 saturated heterocycles. The molecule has 2 aromatic carbocycles. The van der Waals surface area contributed by atoms with Crippen LogP contribution in [0.4, 0.5) is 0 Å². The molecular formula is C17H14BrNO. The van der Waals surface area contributed by atoms with E-state index >= 15 is 0 Å². The van der Waals surface area contributed by atoms with E-state index < -0.39 is 0 Å². The molecule has 0 radical (unpaired) electrons. The van der Waals surface area contributed by atoms with E-state index in [2.05, 4.69) is 28.9 Å². The maximum Gasteiger partial charge on any atom is 0.195 e. The molecule has 3 aromatic rings. The number of carbonyl (C=O) groups excluding carboxylic acids is 1. The highest BCUT2D eigenvalue weighted by molar-refractivity contribution is 9.10. The van der Waals surface area contributed by atoms with E-state index in [1.807, 2.05) is 54.2 Å². The zero-order chi connectivity index (χ0) is 14.3. The van der Waals surface area contributed by atoms with Crippen molar-refractivity contribution in [3.8, 4) is 0 Å². The highest BCUT2D eigenvalue weighted by Gasteiger charge is 2.15. The third kappa shape index (κ3) is 2.18. The Morgan fingerprint density at radius 1 is 1.10 bits per heavy atom. The first-order valence-corrected chi connectivity index (χ1v) is 7.21. The molecule has 100 valence electrons. The fourth-order valence-electron chi connectivity index (χ4n) is 2.43. The van der Waals surface area contributed by atoms with E-state index in [0.29, 0.717) is 5.56 Å². The number of aryl methyl sites for hydroxylation is 2. The monoisotopic (exact) mass is 327 g/mol. The Hall–Kier alpha value is -1.87. The zero-order valence-electron chi connectivity index (χ0n) is 11.4. The molecule has 3 heteroatoms. The number of carbonyl (C=O) groups is 1. The lowest BCUT2D eigenvalue weighted by Gasteiger charge is -2.00. The van der Waals surface area contributed by atoms with Crippen molar-refractivity contribution in [2.45, 2.75) is 6.92 Å². The molecular weight excluding hydrogens is 314 g/mol. The fourth-order valence-corrected chi connectivity index (χ4v) is 2.70. The largest absolute Gasteiger partial charge is 0.350 e. The quantitative estimate of drug-likeness (QED) is 0.636. The molecule has 0 N–H and O–H groups in total. The Balaban J connectivity index is 2.15. The number of nitrogens with zero attached hydrogens (tertiary/aromatic N) is 1. The van der Waals surface area contributed by atoms with E-state index in [-0.39, 0.29) is 5.78 Å². The number of fused-ring (bicyclic) bond motifs is 1. The normalized spacial score (nSPS) is 10.9. The molecule has 0 aliphatic heterocycles. The van der Waals surface area contributed by atoms with Crippen LogP contribution in [0.1, 0.15) is 21.5 Å². The summed E-state index contributed by atoms with van der Waals surface area (Å²) in [5.41, 5.74) is 3.75. The summed E-state index contributed by atoms with van der Waals surface area (Å²) in [5, 5.41) is 1.01. The molecule has 0 spiro atoms. The Morgan fingerprint density at radius 2 is 1.80 bits per heavy atom. The average Bonchev–Trinajstić information content (AvgIpc) is 2.76. The van der Waals surface area contributed by atoms with Gasteiger partial charge in [-0.1, -0.05) is 28.1 Å². The first-order valence-electron chi connectivity index (χ1n) is 6.42. The van der Waals surface area contributed by atoms with Crippen molar-refractivity contribution in [2.75, 3.05) is 0 Å². The number of hydrogen-bond donors (Lipinski definition) is 0. The third-order valence-electron chi connectivity index (χ3n) is 3.50. The van der Waals surface area contributed by atoms with Gasteiger partial charge in [-0.3, -0.25) is 4.79 Å². The highest BCUT2D eigenvalue weighted by Crippen LogP contribution is 2.24. The summed E-state index contributed by atoms with van der Waals surface area (Å²) in [6.45, 7) is 2.06. The molecule has 0 aliphatic rings. The molecule has 0 fully saturated rings. The van der Waals surface area contributed by atoms with Gasteiger partial charge >= 0.3 is 0 Å².